The second-order valence-corrected chi connectivity index (χ2v) is 8.13. The van der Waals surface area contributed by atoms with Crippen LogP contribution in [-0.4, -0.2) is 53.7 Å². The van der Waals surface area contributed by atoms with Gasteiger partial charge in [-0.3, -0.25) is 9.48 Å². The molecule has 0 aliphatic rings. The van der Waals surface area contributed by atoms with Gasteiger partial charge in [0.15, 0.2) is 11.5 Å². The third-order valence-corrected chi connectivity index (χ3v) is 5.86. The maximum Gasteiger partial charge on any atom is 0.273 e. The molecule has 1 aromatic carbocycles. The van der Waals surface area contributed by atoms with E-state index in [1.165, 1.54) is 0 Å². The number of pyridine rings is 1. The Hall–Kier alpha value is -4.34. The van der Waals surface area contributed by atoms with Crippen LogP contribution in [-0.2, 0) is 12.5 Å². The number of methoxy groups -OCH3 is 3. The molecule has 0 saturated heterocycles. The summed E-state index contributed by atoms with van der Waals surface area (Å²) in [6.07, 6.45) is 3.66. The van der Waals surface area contributed by atoms with Crippen LogP contribution in [0.15, 0.2) is 59.4 Å². The van der Waals surface area contributed by atoms with Gasteiger partial charge in [0.2, 0.25) is 5.88 Å². The minimum Gasteiger partial charge on any atom is -0.497 e. The zero-order chi connectivity index (χ0) is 25.0. The van der Waals surface area contributed by atoms with Crippen molar-refractivity contribution in [2.45, 2.75) is 12.3 Å². The van der Waals surface area contributed by atoms with Gasteiger partial charge in [0.25, 0.3) is 5.91 Å². The van der Waals surface area contributed by atoms with E-state index in [9.17, 15) is 4.79 Å². The molecule has 4 rings (SSSR count). The number of hydrogen-bond acceptors (Lipinski definition) is 8. The molecule has 35 heavy (non-hydrogen) atoms. The van der Waals surface area contributed by atoms with E-state index in [-0.39, 0.29) is 18.1 Å². The lowest BCUT2D eigenvalue weighted by atomic mass is 9.80. The number of carbonyl (C=O) groups is 1. The van der Waals surface area contributed by atoms with Crippen LogP contribution in [0.4, 0.5) is 0 Å². The van der Waals surface area contributed by atoms with E-state index in [2.05, 4.69) is 20.6 Å². The maximum atomic E-state index is 13.0. The average molecular weight is 478 g/mol. The third-order valence-electron chi connectivity index (χ3n) is 5.86. The van der Waals surface area contributed by atoms with Crippen LogP contribution < -0.4 is 19.5 Å². The maximum absolute atomic E-state index is 13.0. The fourth-order valence-electron chi connectivity index (χ4n) is 3.74. The molecule has 4 aromatic rings. The molecule has 10 heteroatoms. The van der Waals surface area contributed by atoms with Gasteiger partial charge in [-0.2, -0.15) is 5.10 Å². The van der Waals surface area contributed by atoms with Gasteiger partial charge in [-0.05, 0) is 25.1 Å². The van der Waals surface area contributed by atoms with Crippen LogP contribution >= 0.6 is 0 Å². The zero-order valence-corrected chi connectivity index (χ0v) is 20.2. The van der Waals surface area contributed by atoms with Gasteiger partial charge in [0.05, 0.1) is 44.2 Å². The van der Waals surface area contributed by atoms with E-state index < -0.39 is 5.41 Å². The number of aromatic nitrogens is 4. The van der Waals surface area contributed by atoms with E-state index in [0.29, 0.717) is 28.7 Å². The highest BCUT2D eigenvalue weighted by Crippen LogP contribution is 2.34. The zero-order valence-electron chi connectivity index (χ0n) is 20.2. The van der Waals surface area contributed by atoms with Crippen molar-refractivity contribution in [3.05, 3.63) is 71.8 Å². The van der Waals surface area contributed by atoms with Crippen molar-refractivity contribution in [1.29, 1.82) is 0 Å². The van der Waals surface area contributed by atoms with Crippen LogP contribution in [0.1, 0.15) is 28.7 Å². The first-order valence-corrected chi connectivity index (χ1v) is 10.9. The number of aryl methyl sites for hydroxylation is 1. The first-order valence-electron chi connectivity index (χ1n) is 10.9. The number of benzene rings is 1. The number of carbonyl (C=O) groups excluding carboxylic acids is 1. The highest BCUT2D eigenvalue weighted by Gasteiger charge is 2.33. The molecule has 0 spiro atoms. The molecule has 182 valence electrons. The molecule has 10 nitrogen and oxygen atoms in total. The lowest BCUT2D eigenvalue weighted by molar-refractivity contribution is 0.0938. The molecule has 1 N–H and O–H groups in total. The molecular formula is C25H27N5O5. The molecule has 0 bridgehead atoms. The molecule has 1 atom stereocenters. The lowest BCUT2D eigenvalue weighted by Crippen LogP contribution is -2.40. The third kappa shape index (κ3) is 4.81. The summed E-state index contributed by atoms with van der Waals surface area (Å²) in [5, 5.41) is 11.2. The Bertz CT molecular complexity index is 1330. The first kappa shape index (κ1) is 23.8. The predicted molar refractivity (Wildman–Crippen MR) is 128 cm³/mol. The highest BCUT2D eigenvalue weighted by atomic mass is 16.5. The molecule has 0 aliphatic heterocycles. The fraction of sp³-hybridized carbons (Fsp3) is 0.280. The Morgan fingerprint density at radius 2 is 1.94 bits per heavy atom. The summed E-state index contributed by atoms with van der Waals surface area (Å²) in [4.78, 5) is 17.6. The van der Waals surface area contributed by atoms with E-state index >= 15 is 0 Å². The molecule has 1 unspecified atom stereocenters. The number of hydrogen-bond donors (Lipinski definition) is 1. The largest absolute Gasteiger partial charge is 0.497 e. The van der Waals surface area contributed by atoms with Crippen molar-refractivity contribution in [3.63, 3.8) is 0 Å². The normalized spacial score (nSPS) is 12.6. The summed E-state index contributed by atoms with van der Waals surface area (Å²) >= 11 is 0. The van der Waals surface area contributed by atoms with Gasteiger partial charge in [0.1, 0.15) is 11.5 Å². The number of ether oxygens (including phenoxy) is 3. The van der Waals surface area contributed by atoms with Crippen LogP contribution in [0.3, 0.4) is 0 Å². The van der Waals surface area contributed by atoms with Crippen molar-refractivity contribution in [1.82, 2.24) is 25.2 Å². The minimum absolute atomic E-state index is 0.144. The van der Waals surface area contributed by atoms with Crippen LogP contribution in [0.2, 0.25) is 0 Å². The Morgan fingerprint density at radius 1 is 1.11 bits per heavy atom. The molecule has 0 aliphatic carbocycles. The molecule has 0 radical (unpaired) electrons. The van der Waals surface area contributed by atoms with Crippen molar-refractivity contribution < 1.29 is 23.5 Å². The van der Waals surface area contributed by atoms with E-state index in [1.54, 1.807) is 62.5 Å². The standard InChI is InChI=1S/C25H27N5O5/c1-25(16-13-27-30(2)14-16,22-7-6-8-23(28-22)34-5)15-26-24(31)19-12-21(35-29-19)18-10-9-17(32-3)11-20(18)33-4/h6-14H,15H2,1-5H3,(H,26,31). The summed E-state index contributed by atoms with van der Waals surface area (Å²) in [7, 11) is 6.53. The quantitative estimate of drug-likeness (QED) is 0.391. The molecule has 0 saturated carbocycles. The predicted octanol–water partition coefficient (Wildman–Crippen LogP) is 3.23. The second-order valence-electron chi connectivity index (χ2n) is 8.13. The van der Waals surface area contributed by atoms with E-state index in [0.717, 1.165) is 11.3 Å². The topological polar surface area (TPSA) is 114 Å². The summed E-state index contributed by atoms with van der Waals surface area (Å²) in [6, 6.07) is 12.4. The summed E-state index contributed by atoms with van der Waals surface area (Å²) in [6.45, 7) is 2.23. The Morgan fingerprint density at radius 3 is 2.63 bits per heavy atom. The lowest BCUT2D eigenvalue weighted by Gasteiger charge is -2.28. The monoisotopic (exact) mass is 477 g/mol. The molecule has 0 fully saturated rings. The Kier molecular flexibility index (Phi) is 6.72. The van der Waals surface area contributed by atoms with Gasteiger partial charge >= 0.3 is 0 Å². The summed E-state index contributed by atoms with van der Waals surface area (Å²) < 4.78 is 23.1. The van der Waals surface area contributed by atoms with Gasteiger partial charge < -0.3 is 24.1 Å². The number of rotatable bonds is 9. The smallest absolute Gasteiger partial charge is 0.273 e. The average Bonchev–Trinajstić information content (AvgIpc) is 3.56. The molecule has 1 amide bonds. The van der Waals surface area contributed by atoms with Gasteiger partial charge in [-0.15, -0.1) is 0 Å². The van der Waals surface area contributed by atoms with Crippen LogP contribution in [0, 0.1) is 0 Å². The van der Waals surface area contributed by atoms with Crippen molar-refractivity contribution in [2.24, 2.45) is 7.05 Å². The van der Waals surface area contributed by atoms with Gasteiger partial charge in [0, 0.05) is 43.6 Å². The number of nitrogens with zero attached hydrogens (tertiary/aromatic N) is 4. The molecule has 3 aromatic heterocycles. The number of nitrogens with one attached hydrogen (secondary N) is 1. The first-order chi connectivity index (χ1) is 16.9. The van der Waals surface area contributed by atoms with Crippen molar-refractivity contribution >= 4 is 5.91 Å². The van der Waals surface area contributed by atoms with Gasteiger partial charge in [-0.25, -0.2) is 4.98 Å². The second kappa shape index (κ2) is 9.88. The Labute approximate surface area is 202 Å². The summed E-state index contributed by atoms with van der Waals surface area (Å²) in [5.74, 6) is 1.69. The number of amides is 1. The Balaban J connectivity index is 1.58. The van der Waals surface area contributed by atoms with Crippen molar-refractivity contribution in [2.75, 3.05) is 27.9 Å². The summed E-state index contributed by atoms with van der Waals surface area (Å²) in [5.41, 5.74) is 1.74. The van der Waals surface area contributed by atoms with Crippen molar-refractivity contribution in [3.8, 4) is 28.7 Å². The van der Waals surface area contributed by atoms with E-state index in [1.807, 2.05) is 32.3 Å². The van der Waals surface area contributed by atoms with E-state index in [4.69, 9.17) is 18.7 Å². The molecule has 3 heterocycles. The highest BCUT2D eigenvalue weighted by molar-refractivity contribution is 5.93. The minimum atomic E-state index is -0.676. The fourth-order valence-corrected chi connectivity index (χ4v) is 3.74. The molecular weight excluding hydrogens is 450 g/mol. The van der Waals surface area contributed by atoms with Crippen LogP contribution in [0.25, 0.3) is 11.3 Å². The van der Waals surface area contributed by atoms with Crippen LogP contribution in [0.5, 0.6) is 17.4 Å². The SMILES string of the molecule is COc1ccc(-c2cc(C(=O)NCC(C)(c3cnn(C)c3)c3cccc(OC)n3)no2)c(OC)c1. The van der Waals surface area contributed by atoms with Gasteiger partial charge in [-0.1, -0.05) is 11.2 Å².